The summed E-state index contributed by atoms with van der Waals surface area (Å²) in [6.07, 6.45) is 11.5. The van der Waals surface area contributed by atoms with Crippen LogP contribution in [0.25, 0.3) is 0 Å². The van der Waals surface area contributed by atoms with E-state index in [0.29, 0.717) is 13.1 Å². The summed E-state index contributed by atoms with van der Waals surface area (Å²) in [5.74, 6) is 0.943. The van der Waals surface area contributed by atoms with Gasteiger partial charge in [0, 0.05) is 45.5 Å². The summed E-state index contributed by atoms with van der Waals surface area (Å²) in [6, 6.07) is 0.749. The van der Waals surface area contributed by atoms with E-state index in [1.54, 1.807) is 10.9 Å². The first-order chi connectivity index (χ1) is 14.1. The van der Waals surface area contributed by atoms with Gasteiger partial charge in [-0.25, -0.2) is 0 Å². The van der Waals surface area contributed by atoms with E-state index >= 15 is 0 Å². The molecular weight excluding hydrogens is 493 g/mol. The highest BCUT2D eigenvalue weighted by Crippen LogP contribution is 2.21. The highest BCUT2D eigenvalue weighted by Gasteiger charge is 2.27. The van der Waals surface area contributed by atoms with Crippen LogP contribution in [0.3, 0.4) is 0 Å². The third kappa shape index (κ3) is 6.83. The van der Waals surface area contributed by atoms with E-state index in [1.165, 1.54) is 32.1 Å². The van der Waals surface area contributed by atoms with Gasteiger partial charge in [0.1, 0.15) is 6.54 Å². The highest BCUT2D eigenvalue weighted by atomic mass is 127. The van der Waals surface area contributed by atoms with Crippen LogP contribution in [0, 0.1) is 0 Å². The fourth-order valence-corrected chi connectivity index (χ4v) is 4.31. The number of aryl methyl sites for hydroxylation is 1. The lowest BCUT2D eigenvalue weighted by atomic mass is 9.94. The lowest BCUT2D eigenvalue weighted by molar-refractivity contribution is -0.120. The zero-order chi connectivity index (χ0) is 20.6. The summed E-state index contributed by atoms with van der Waals surface area (Å²) in [5.41, 5.74) is 0.866. The number of rotatable bonds is 7. The molecule has 2 fully saturated rings. The molecule has 0 spiro atoms. The molecule has 0 unspecified atom stereocenters. The van der Waals surface area contributed by atoms with Gasteiger partial charge in [-0.1, -0.05) is 19.3 Å². The van der Waals surface area contributed by atoms with Gasteiger partial charge < -0.3 is 20.0 Å². The number of hydrogen-bond acceptors (Lipinski definition) is 4. The monoisotopic (exact) mass is 531 g/mol. The number of piperazine rings is 1. The maximum Gasteiger partial charge on any atom is 0.246 e. The van der Waals surface area contributed by atoms with Crippen molar-refractivity contribution in [2.24, 2.45) is 12.0 Å². The van der Waals surface area contributed by atoms with Crippen molar-refractivity contribution in [2.75, 3.05) is 51.2 Å². The van der Waals surface area contributed by atoms with Gasteiger partial charge in [-0.15, -0.1) is 24.0 Å². The van der Waals surface area contributed by atoms with Gasteiger partial charge in [0.15, 0.2) is 5.96 Å². The molecule has 1 aliphatic heterocycles. The number of nitrogens with zero attached hydrogens (tertiary/aromatic N) is 6. The van der Waals surface area contributed by atoms with E-state index in [0.717, 1.165) is 50.3 Å². The largest absolute Gasteiger partial charge is 0.357 e. The van der Waals surface area contributed by atoms with Crippen LogP contribution in [0.1, 0.15) is 45.4 Å². The fraction of sp³-hybridized carbons (Fsp3) is 0.762. The van der Waals surface area contributed by atoms with Gasteiger partial charge >= 0.3 is 0 Å². The molecule has 1 aromatic heterocycles. The van der Waals surface area contributed by atoms with Crippen LogP contribution >= 0.6 is 24.0 Å². The van der Waals surface area contributed by atoms with E-state index in [-0.39, 0.29) is 29.9 Å². The van der Waals surface area contributed by atoms with Crippen LogP contribution in [0.2, 0.25) is 0 Å². The van der Waals surface area contributed by atoms with Crippen LogP contribution in [0.15, 0.2) is 17.4 Å². The molecule has 3 rings (SSSR count). The Labute approximate surface area is 198 Å². The summed E-state index contributed by atoms with van der Waals surface area (Å²) >= 11 is 0. The van der Waals surface area contributed by atoms with Gasteiger partial charge in [0.2, 0.25) is 5.91 Å². The maximum absolute atomic E-state index is 12.7. The Morgan fingerprint density at radius 2 is 2.07 bits per heavy atom. The Hall–Kier alpha value is -1.36. The van der Waals surface area contributed by atoms with E-state index in [4.69, 9.17) is 4.99 Å². The van der Waals surface area contributed by atoms with Crippen molar-refractivity contribution in [3.05, 3.63) is 12.4 Å². The summed E-state index contributed by atoms with van der Waals surface area (Å²) in [7, 11) is 4.12. The Kier molecular flexibility index (Phi) is 10.4. The van der Waals surface area contributed by atoms with Crippen molar-refractivity contribution in [1.82, 2.24) is 24.9 Å². The zero-order valence-electron chi connectivity index (χ0n) is 18.7. The fourth-order valence-electron chi connectivity index (χ4n) is 4.31. The van der Waals surface area contributed by atoms with Crippen LogP contribution in [-0.4, -0.2) is 83.8 Å². The standard InChI is InChI=1S/C21H37N7O.HI/c1-4-22-21(23-11-8-12-25(2)18-9-6-5-7-10-18)27-13-14-28(20(29)17-27)19-15-24-26(3)16-19;/h15-16,18H,4-14,17H2,1-3H3,(H,22,23);1H. The van der Waals surface area contributed by atoms with Crippen molar-refractivity contribution < 1.29 is 4.79 Å². The third-order valence-electron chi connectivity index (χ3n) is 5.99. The molecule has 1 saturated carbocycles. The number of anilines is 1. The molecule has 9 heteroatoms. The van der Waals surface area contributed by atoms with Crippen LogP contribution in [0.4, 0.5) is 5.69 Å². The molecule has 1 N–H and O–H groups in total. The number of halogens is 1. The first-order valence-corrected chi connectivity index (χ1v) is 11.1. The number of hydrogen-bond donors (Lipinski definition) is 1. The first-order valence-electron chi connectivity index (χ1n) is 11.1. The predicted octanol–water partition coefficient (Wildman–Crippen LogP) is 2.31. The molecule has 30 heavy (non-hydrogen) atoms. The molecule has 8 nitrogen and oxygen atoms in total. The average Bonchev–Trinajstić information content (AvgIpc) is 3.16. The van der Waals surface area contributed by atoms with E-state index in [9.17, 15) is 4.79 Å². The van der Waals surface area contributed by atoms with Gasteiger partial charge in [-0.2, -0.15) is 5.10 Å². The number of guanidine groups is 1. The van der Waals surface area contributed by atoms with Crippen molar-refractivity contribution in [1.29, 1.82) is 0 Å². The van der Waals surface area contributed by atoms with Crippen molar-refractivity contribution in [2.45, 2.75) is 51.5 Å². The SMILES string of the molecule is CCNC(=NCCCN(C)C1CCCCC1)N1CCN(c2cnn(C)c2)C(=O)C1.I. The lowest BCUT2D eigenvalue weighted by Crippen LogP contribution is -2.55. The number of carbonyl (C=O) groups is 1. The molecule has 0 atom stereocenters. The molecule has 1 amide bonds. The van der Waals surface area contributed by atoms with Gasteiger partial charge in [0.05, 0.1) is 11.9 Å². The van der Waals surface area contributed by atoms with E-state index in [2.05, 4.69) is 34.2 Å². The highest BCUT2D eigenvalue weighted by molar-refractivity contribution is 14.0. The molecular formula is C21H38IN7O. The van der Waals surface area contributed by atoms with Crippen molar-refractivity contribution >= 4 is 41.5 Å². The predicted molar refractivity (Wildman–Crippen MR) is 133 cm³/mol. The second-order valence-electron chi connectivity index (χ2n) is 8.20. The lowest BCUT2D eigenvalue weighted by Gasteiger charge is -2.35. The number of aromatic nitrogens is 2. The molecule has 1 aromatic rings. The maximum atomic E-state index is 12.7. The molecule has 170 valence electrons. The Morgan fingerprint density at radius 1 is 1.30 bits per heavy atom. The second kappa shape index (κ2) is 12.5. The molecule has 1 aliphatic carbocycles. The minimum atomic E-state index is 0. The van der Waals surface area contributed by atoms with Crippen LogP contribution in [0.5, 0.6) is 0 Å². The molecule has 0 aromatic carbocycles. The number of nitrogens with one attached hydrogen (secondary N) is 1. The van der Waals surface area contributed by atoms with Crippen LogP contribution < -0.4 is 10.2 Å². The van der Waals surface area contributed by atoms with Crippen molar-refractivity contribution in [3.63, 3.8) is 0 Å². The van der Waals surface area contributed by atoms with Gasteiger partial charge in [0.25, 0.3) is 0 Å². The normalized spacial score (nSPS) is 18.7. The van der Waals surface area contributed by atoms with Gasteiger partial charge in [-0.05, 0) is 39.8 Å². The Bertz CT molecular complexity index is 687. The average molecular weight is 531 g/mol. The Balaban J connectivity index is 0.00000320. The smallest absolute Gasteiger partial charge is 0.246 e. The molecule has 1 saturated heterocycles. The quantitative estimate of drug-likeness (QED) is 0.253. The van der Waals surface area contributed by atoms with Crippen LogP contribution in [-0.2, 0) is 11.8 Å². The minimum absolute atomic E-state index is 0. The van der Waals surface area contributed by atoms with E-state index < -0.39 is 0 Å². The summed E-state index contributed by atoms with van der Waals surface area (Å²) in [5, 5.41) is 7.53. The zero-order valence-corrected chi connectivity index (χ0v) is 21.0. The first kappa shape index (κ1) is 24.9. The van der Waals surface area contributed by atoms with E-state index in [1.807, 2.05) is 18.1 Å². The number of aliphatic imine (C=N–C) groups is 1. The third-order valence-corrected chi connectivity index (χ3v) is 5.99. The second-order valence-corrected chi connectivity index (χ2v) is 8.20. The Morgan fingerprint density at radius 3 is 2.70 bits per heavy atom. The summed E-state index contributed by atoms with van der Waals surface area (Å²) in [6.45, 7) is 6.52. The van der Waals surface area contributed by atoms with Crippen molar-refractivity contribution in [3.8, 4) is 0 Å². The molecule has 2 aliphatic rings. The summed E-state index contributed by atoms with van der Waals surface area (Å²) in [4.78, 5) is 23.9. The molecule has 2 heterocycles. The van der Waals surface area contributed by atoms with Gasteiger partial charge in [-0.3, -0.25) is 14.5 Å². The topological polar surface area (TPSA) is 69.0 Å². The molecule has 0 bridgehead atoms. The summed E-state index contributed by atoms with van der Waals surface area (Å²) < 4.78 is 1.73. The number of amides is 1. The molecule has 0 radical (unpaired) electrons. The number of carbonyl (C=O) groups excluding carboxylic acids is 1. The minimum Gasteiger partial charge on any atom is -0.357 e.